The second-order valence-electron chi connectivity index (χ2n) is 5.45. The predicted molar refractivity (Wildman–Crippen MR) is 95.9 cm³/mol. The number of hydrogen-bond donors (Lipinski definition) is 2. The van der Waals surface area contributed by atoms with E-state index in [-0.39, 0.29) is 10.8 Å². The van der Waals surface area contributed by atoms with Crippen molar-refractivity contribution in [3.05, 3.63) is 57.4 Å². The largest absolute Gasteiger partial charge is 0.478 e. The Labute approximate surface area is 143 Å². The number of thiol groups is 1. The van der Waals surface area contributed by atoms with Gasteiger partial charge in [0.25, 0.3) is 0 Å². The Kier molecular flexibility index (Phi) is 4.12. The van der Waals surface area contributed by atoms with Gasteiger partial charge in [0, 0.05) is 10.3 Å². The van der Waals surface area contributed by atoms with Crippen molar-refractivity contribution in [3.63, 3.8) is 0 Å². The summed E-state index contributed by atoms with van der Waals surface area (Å²) in [5.41, 5.74) is 3.24. The molecule has 0 amide bonds. The van der Waals surface area contributed by atoms with Gasteiger partial charge in [-0.3, -0.25) is 0 Å². The molecule has 6 heteroatoms. The monoisotopic (exact) mass is 344 g/mol. The van der Waals surface area contributed by atoms with Gasteiger partial charge in [-0.2, -0.15) is 12.6 Å². The molecule has 2 aromatic heterocycles. The topological polar surface area (TPSA) is 63.1 Å². The summed E-state index contributed by atoms with van der Waals surface area (Å²) in [6.07, 6.45) is 0. The summed E-state index contributed by atoms with van der Waals surface area (Å²) in [7, 11) is 0. The van der Waals surface area contributed by atoms with Crippen LogP contribution in [0.25, 0.3) is 10.2 Å². The van der Waals surface area contributed by atoms with Gasteiger partial charge >= 0.3 is 5.97 Å². The van der Waals surface area contributed by atoms with Crippen molar-refractivity contribution >= 4 is 40.2 Å². The smallest absolute Gasteiger partial charge is 0.335 e. The third kappa shape index (κ3) is 2.84. The zero-order valence-corrected chi connectivity index (χ0v) is 14.7. The Hall–Kier alpha value is -1.92. The molecule has 3 aromatic rings. The molecule has 0 radical (unpaired) electrons. The van der Waals surface area contributed by atoms with E-state index in [1.54, 1.807) is 35.6 Å². The molecule has 118 valence electrons. The van der Waals surface area contributed by atoms with E-state index in [1.165, 1.54) is 10.4 Å². The fourth-order valence-electron chi connectivity index (χ4n) is 2.56. The lowest BCUT2D eigenvalue weighted by atomic mass is 10.0. The molecule has 1 atom stereocenters. The van der Waals surface area contributed by atoms with Crippen LogP contribution in [0.2, 0.25) is 0 Å². The normalized spacial score (nSPS) is 12.5. The van der Waals surface area contributed by atoms with E-state index in [4.69, 9.17) is 17.7 Å². The number of rotatable bonds is 3. The molecule has 1 aromatic carbocycles. The van der Waals surface area contributed by atoms with Crippen molar-refractivity contribution in [1.82, 2.24) is 9.97 Å². The highest BCUT2D eigenvalue weighted by Gasteiger charge is 2.20. The van der Waals surface area contributed by atoms with Crippen LogP contribution in [0.15, 0.2) is 24.3 Å². The molecule has 2 heterocycles. The van der Waals surface area contributed by atoms with E-state index in [9.17, 15) is 4.79 Å². The fourth-order valence-corrected chi connectivity index (χ4v) is 4.00. The Morgan fingerprint density at radius 1 is 1.17 bits per heavy atom. The molecule has 0 bridgehead atoms. The Morgan fingerprint density at radius 2 is 1.83 bits per heavy atom. The van der Waals surface area contributed by atoms with Crippen LogP contribution >= 0.6 is 24.0 Å². The molecule has 0 saturated carbocycles. The van der Waals surface area contributed by atoms with E-state index in [1.807, 2.05) is 6.92 Å². The minimum Gasteiger partial charge on any atom is -0.478 e. The number of carbonyl (C=O) groups is 1. The van der Waals surface area contributed by atoms with E-state index >= 15 is 0 Å². The number of carboxylic acids is 1. The Morgan fingerprint density at radius 3 is 2.43 bits per heavy atom. The summed E-state index contributed by atoms with van der Waals surface area (Å²) in [5.74, 6) is -0.216. The van der Waals surface area contributed by atoms with Gasteiger partial charge in [-0.05, 0) is 44.0 Å². The quantitative estimate of drug-likeness (QED) is 0.694. The standard InChI is InChI=1S/C17H16N2O2S2/c1-8-9(2)23-16-13(8)14(18-10(3)19-16)15(22)11-4-6-12(7-5-11)17(20)21/h4-7,15,22H,1-3H3,(H,20,21). The van der Waals surface area contributed by atoms with Crippen LogP contribution < -0.4 is 0 Å². The van der Waals surface area contributed by atoms with E-state index in [0.29, 0.717) is 0 Å². The number of nitrogens with zero attached hydrogens (tertiary/aromatic N) is 2. The first-order valence-electron chi connectivity index (χ1n) is 7.14. The van der Waals surface area contributed by atoms with Gasteiger partial charge in [0.05, 0.1) is 16.5 Å². The zero-order chi connectivity index (χ0) is 16.7. The van der Waals surface area contributed by atoms with Crippen molar-refractivity contribution in [2.75, 3.05) is 0 Å². The van der Waals surface area contributed by atoms with Crippen molar-refractivity contribution < 1.29 is 9.90 Å². The molecular weight excluding hydrogens is 328 g/mol. The van der Waals surface area contributed by atoms with Gasteiger partial charge in [0.1, 0.15) is 10.7 Å². The number of hydrogen-bond acceptors (Lipinski definition) is 5. The second kappa shape index (κ2) is 5.94. The van der Waals surface area contributed by atoms with E-state index in [0.717, 1.165) is 27.3 Å². The molecule has 0 spiro atoms. The van der Waals surface area contributed by atoms with Crippen LogP contribution in [0.1, 0.15) is 43.1 Å². The molecule has 3 rings (SSSR count). The second-order valence-corrected chi connectivity index (χ2v) is 7.17. The molecule has 0 fully saturated rings. The fraction of sp³-hybridized carbons (Fsp3) is 0.235. The van der Waals surface area contributed by atoms with Crippen molar-refractivity contribution in [2.24, 2.45) is 0 Å². The third-order valence-corrected chi connectivity index (χ3v) is 5.54. The van der Waals surface area contributed by atoms with Gasteiger partial charge in [-0.25, -0.2) is 14.8 Å². The number of aromatic carboxylic acids is 1. The van der Waals surface area contributed by atoms with Crippen LogP contribution in [0, 0.1) is 20.8 Å². The summed E-state index contributed by atoms with van der Waals surface area (Å²) in [4.78, 5) is 22.3. The van der Waals surface area contributed by atoms with Crippen molar-refractivity contribution in [3.8, 4) is 0 Å². The minimum absolute atomic E-state index is 0.227. The highest BCUT2D eigenvalue weighted by atomic mass is 32.1. The van der Waals surface area contributed by atoms with Crippen LogP contribution in [-0.4, -0.2) is 21.0 Å². The van der Waals surface area contributed by atoms with Crippen molar-refractivity contribution in [1.29, 1.82) is 0 Å². The van der Waals surface area contributed by atoms with Gasteiger partial charge in [-0.1, -0.05) is 12.1 Å². The highest BCUT2D eigenvalue weighted by Crippen LogP contribution is 2.37. The lowest BCUT2D eigenvalue weighted by molar-refractivity contribution is 0.0697. The Balaban J connectivity index is 2.13. The van der Waals surface area contributed by atoms with Gasteiger partial charge in [0.15, 0.2) is 0 Å². The molecule has 0 aliphatic heterocycles. The summed E-state index contributed by atoms with van der Waals surface area (Å²) in [6, 6.07) is 6.77. The maximum Gasteiger partial charge on any atom is 0.335 e. The number of thiophene rings is 1. The van der Waals surface area contributed by atoms with Gasteiger partial charge in [0.2, 0.25) is 0 Å². The number of carboxylic acid groups (broad SMARTS) is 1. The van der Waals surface area contributed by atoms with Crippen LogP contribution in [0.4, 0.5) is 0 Å². The first-order valence-corrected chi connectivity index (χ1v) is 8.47. The SMILES string of the molecule is Cc1nc(C(S)c2ccc(C(=O)O)cc2)c2c(C)c(C)sc2n1. The lowest BCUT2D eigenvalue weighted by Crippen LogP contribution is -2.03. The molecule has 0 saturated heterocycles. The maximum atomic E-state index is 11.0. The van der Waals surface area contributed by atoms with Crippen molar-refractivity contribution in [2.45, 2.75) is 26.0 Å². The summed E-state index contributed by atoms with van der Waals surface area (Å²) in [5, 5.41) is 9.84. The summed E-state index contributed by atoms with van der Waals surface area (Å²) < 4.78 is 0. The molecular formula is C17H16N2O2S2. The van der Waals surface area contributed by atoms with Gasteiger partial charge in [-0.15, -0.1) is 11.3 Å². The minimum atomic E-state index is -0.933. The van der Waals surface area contributed by atoms with Crippen LogP contribution in [0.3, 0.4) is 0 Å². The lowest BCUT2D eigenvalue weighted by Gasteiger charge is -2.13. The molecule has 1 N–H and O–H groups in total. The third-order valence-electron chi connectivity index (χ3n) is 3.90. The molecule has 4 nitrogen and oxygen atoms in total. The van der Waals surface area contributed by atoms with E-state index in [2.05, 4.69) is 23.8 Å². The Bertz CT molecular complexity index is 901. The summed E-state index contributed by atoms with van der Waals surface area (Å²) in [6.45, 7) is 6.03. The van der Waals surface area contributed by atoms with E-state index < -0.39 is 5.97 Å². The molecule has 23 heavy (non-hydrogen) atoms. The van der Waals surface area contributed by atoms with Crippen LogP contribution in [-0.2, 0) is 0 Å². The average molecular weight is 344 g/mol. The average Bonchev–Trinajstić information content (AvgIpc) is 2.80. The van der Waals surface area contributed by atoms with Gasteiger partial charge < -0.3 is 5.11 Å². The number of aryl methyl sites for hydroxylation is 3. The molecule has 0 aliphatic carbocycles. The first-order chi connectivity index (χ1) is 10.9. The molecule has 0 aliphatic rings. The predicted octanol–water partition coefficient (Wildman–Crippen LogP) is 4.33. The number of benzene rings is 1. The maximum absolute atomic E-state index is 11.0. The number of fused-ring (bicyclic) bond motifs is 1. The highest BCUT2D eigenvalue weighted by molar-refractivity contribution is 7.80. The summed E-state index contributed by atoms with van der Waals surface area (Å²) >= 11 is 6.41. The number of aromatic nitrogens is 2. The molecule has 1 unspecified atom stereocenters. The van der Waals surface area contributed by atoms with Crippen LogP contribution in [0.5, 0.6) is 0 Å². The first kappa shape index (κ1) is 16.0. The zero-order valence-electron chi connectivity index (χ0n) is 13.0.